The van der Waals surface area contributed by atoms with Gasteiger partial charge < -0.3 is 29.3 Å². The van der Waals surface area contributed by atoms with Gasteiger partial charge in [-0.15, -0.1) is 0 Å². The van der Waals surface area contributed by atoms with Crippen LogP contribution in [-0.4, -0.2) is 71.8 Å². The van der Waals surface area contributed by atoms with E-state index in [2.05, 4.69) is 20.1 Å². The van der Waals surface area contributed by atoms with Crippen LogP contribution in [0.25, 0.3) is 0 Å². The van der Waals surface area contributed by atoms with Gasteiger partial charge in [-0.3, -0.25) is 4.90 Å². The number of amides is 1. The van der Waals surface area contributed by atoms with E-state index in [4.69, 9.17) is 14.2 Å². The Kier molecular flexibility index (Phi) is 9.77. The average Bonchev–Trinajstić information content (AvgIpc) is 3.04. The topological polar surface area (TPSA) is 79.4 Å². The van der Waals surface area contributed by atoms with E-state index in [9.17, 15) is 4.79 Å². The fourth-order valence-electron chi connectivity index (χ4n) is 5.64. The van der Waals surface area contributed by atoms with Crippen LogP contribution in [0.15, 0.2) is 91.0 Å². The van der Waals surface area contributed by atoms with Crippen molar-refractivity contribution in [3.05, 3.63) is 108 Å². The van der Waals surface area contributed by atoms with Crippen LogP contribution in [0.3, 0.4) is 0 Å². The van der Waals surface area contributed by atoms with Crippen molar-refractivity contribution in [2.45, 2.75) is 45.6 Å². The van der Waals surface area contributed by atoms with Crippen LogP contribution in [0.4, 0.5) is 26.2 Å². The van der Waals surface area contributed by atoms with Gasteiger partial charge in [-0.25, -0.2) is 9.18 Å². The van der Waals surface area contributed by atoms with E-state index in [1.54, 1.807) is 11.0 Å². The number of halogens is 1. The number of carbonyl (C=O) groups excluding carboxylic acids is 1. The lowest BCUT2D eigenvalue weighted by molar-refractivity contribution is 0.00873. The number of carbonyl (C=O) groups is 1. The fraction of sp³-hybridized carbons (Fsp3) is 0.351. The number of hydrogen-bond donors (Lipinski definition) is 1. The highest BCUT2D eigenvalue weighted by Gasteiger charge is 2.36. The lowest BCUT2D eigenvalue weighted by atomic mass is 10.0. The van der Waals surface area contributed by atoms with Gasteiger partial charge in [0.15, 0.2) is 0 Å². The summed E-state index contributed by atoms with van der Waals surface area (Å²) in [5.41, 5.74) is 3.30. The van der Waals surface area contributed by atoms with Crippen LogP contribution in [0, 0.1) is 5.82 Å². The summed E-state index contributed by atoms with van der Waals surface area (Å²) < 4.78 is 33.0. The molecule has 6 rings (SSSR count). The quantitative estimate of drug-likeness (QED) is 0.202. The molecule has 10 heteroatoms. The van der Waals surface area contributed by atoms with Crippen molar-refractivity contribution in [2.75, 3.05) is 49.5 Å². The molecule has 0 bridgehead atoms. The molecule has 246 valence electrons. The van der Waals surface area contributed by atoms with E-state index in [1.165, 1.54) is 6.07 Å². The van der Waals surface area contributed by atoms with Crippen LogP contribution in [-0.2, 0) is 18.0 Å². The van der Waals surface area contributed by atoms with Crippen molar-refractivity contribution in [1.82, 2.24) is 14.8 Å². The molecule has 1 amide bonds. The molecule has 2 aliphatic rings. The van der Waals surface area contributed by atoms with Crippen molar-refractivity contribution in [3.63, 3.8) is 0 Å². The minimum Gasteiger partial charge on any atom is -0.473 e. The number of rotatable bonds is 10. The van der Waals surface area contributed by atoms with Crippen LogP contribution in [0.5, 0.6) is 11.8 Å². The Morgan fingerprint density at radius 3 is 2.11 bits per heavy atom. The second kappa shape index (κ2) is 14.3. The summed E-state index contributed by atoms with van der Waals surface area (Å²) >= 11 is 0. The highest BCUT2D eigenvalue weighted by atomic mass is 19.1. The molecule has 3 heterocycles. The number of hydrogen-bond acceptors (Lipinski definition) is 8. The van der Waals surface area contributed by atoms with Crippen LogP contribution in [0.1, 0.15) is 31.9 Å². The molecule has 3 aromatic carbocycles. The monoisotopic (exact) mass is 639 g/mol. The fourth-order valence-corrected chi connectivity index (χ4v) is 5.64. The zero-order valence-corrected chi connectivity index (χ0v) is 27.2. The molecule has 1 N–H and O–H groups in total. The van der Waals surface area contributed by atoms with Crippen LogP contribution < -0.4 is 19.7 Å². The van der Waals surface area contributed by atoms with Crippen molar-refractivity contribution in [2.24, 2.45) is 0 Å². The van der Waals surface area contributed by atoms with Crippen molar-refractivity contribution < 1.29 is 23.4 Å². The molecule has 0 atom stereocenters. The first-order valence-electron chi connectivity index (χ1n) is 16.1. The van der Waals surface area contributed by atoms with Gasteiger partial charge in [0.1, 0.15) is 30.3 Å². The number of nitrogens with one attached hydrogen (secondary N) is 1. The first-order chi connectivity index (χ1) is 22.7. The maximum absolute atomic E-state index is 15.4. The van der Waals surface area contributed by atoms with Gasteiger partial charge in [-0.1, -0.05) is 60.7 Å². The molecule has 0 saturated carbocycles. The Labute approximate surface area is 275 Å². The highest BCUT2D eigenvalue weighted by molar-refractivity contribution is 5.69. The summed E-state index contributed by atoms with van der Waals surface area (Å²) in [5, 5.41) is 3.29. The van der Waals surface area contributed by atoms with Gasteiger partial charge in [-0.2, -0.15) is 4.98 Å². The van der Waals surface area contributed by atoms with E-state index in [-0.39, 0.29) is 11.9 Å². The molecule has 0 spiro atoms. The van der Waals surface area contributed by atoms with Gasteiger partial charge in [0, 0.05) is 57.1 Å². The largest absolute Gasteiger partial charge is 0.473 e. The van der Waals surface area contributed by atoms with Crippen LogP contribution >= 0.6 is 0 Å². The minimum absolute atomic E-state index is 0.263. The second-order valence-corrected chi connectivity index (χ2v) is 12.9. The van der Waals surface area contributed by atoms with Gasteiger partial charge in [-0.05, 0) is 56.2 Å². The van der Waals surface area contributed by atoms with E-state index < -0.39 is 5.60 Å². The van der Waals surface area contributed by atoms with E-state index in [1.807, 2.05) is 99.6 Å². The number of anilines is 3. The number of benzene rings is 3. The molecule has 2 fully saturated rings. The number of nitrogens with zero attached hydrogens (tertiary/aromatic N) is 4. The Hall–Kier alpha value is -4.83. The second-order valence-electron chi connectivity index (χ2n) is 12.9. The van der Waals surface area contributed by atoms with Crippen molar-refractivity contribution in [1.29, 1.82) is 0 Å². The third-order valence-corrected chi connectivity index (χ3v) is 8.19. The van der Waals surface area contributed by atoms with Crippen molar-refractivity contribution in [3.8, 4) is 11.8 Å². The average molecular weight is 640 g/mol. The lowest BCUT2D eigenvalue weighted by Crippen LogP contribution is -2.63. The summed E-state index contributed by atoms with van der Waals surface area (Å²) in [7, 11) is 0. The van der Waals surface area contributed by atoms with Gasteiger partial charge in [0.05, 0.1) is 5.69 Å². The minimum atomic E-state index is -0.505. The molecule has 2 saturated heterocycles. The molecular formula is C37H42FN5O4. The Morgan fingerprint density at radius 2 is 1.49 bits per heavy atom. The Bertz CT molecular complexity index is 1640. The predicted octanol–water partition coefficient (Wildman–Crippen LogP) is 6.86. The summed E-state index contributed by atoms with van der Waals surface area (Å²) in [6.07, 6.45) is -0.263. The third kappa shape index (κ3) is 8.51. The zero-order chi connectivity index (χ0) is 32.8. The summed E-state index contributed by atoms with van der Waals surface area (Å²) in [6.45, 7) is 10.6. The maximum atomic E-state index is 15.4. The summed E-state index contributed by atoms with van der Waals surface area (Å²) in [6, 6.07) is 28.9. The molecule has 0 aliphatic carbocycles. The number of aromatic nitrogens is 1. The smallest absolute Gasteiger partial charge is 0.410 e. The molecule has 9 nitrogen and oxygen atoms in total. The first kappa shape index (κ1) is 32.1. The molecule has 1 aromatic heterocycles. The molecule has 0 unspecified atom stereocenters. The third-order valence-electron chi connectivity index (χ3n) is 8.19. The molecule has 4 aromatic rings. The van der Waals surface area contributed by atoms with Gasteiger partial charge in [0.25, 0.3) is 0 Å². The van der Waals surface area contributed by atoms with E-state index >= 15 is 4.39 Å². The molecule has 2 aliphatic heterocycles. The summed E-state index contributed by atoms with van der Waals surface area (Å²) in [4.78, 5) is 23.2. The number of pyridine rings is 1. The summed E-state index contributed by atoms with van der Waals surface area (Å²) in [5.74, 6) is 0.495. The Balaban J connectivity index is 1.06. The first-order valence-corrected chi connectivity index (χ1v) is 16.1. The van der Waals surface area contributed by atoms with Crippen molar-refractivity contribution >= 4 is 23.2 Å². The molecular weight excluding hydrogens is 597 g/mol. The van der Waals surface area contributed by atoms with E-state index in [0.29, 0.717) is 61.2 Å². The number of piperazine rings is 1. The zero-order valence-electron chi connectivity index (χ0n) is 27.2. The number of ether oxygens (including phenoxy) is 3. The molecule has 0 radical (unpaired) electrons. The van der Waals surface area contributed by atoms with Gasteiger partial charge >= 0.3 is 6.09 Å². The highest BCUT2D eigenvalue weighted by Crippen LogP contribution is 2.33. The van der Waals surface area contributed by atoms with Gasteiger partial charge in [0.2, 0.25) is 11.8 Å². The maximum Gasteiger partial charge on any atom is 0.410 e. The van der Waals surface area contributed by atoms with E-state index in [0.717, 1.165) is 37.3 Å². The Morgan fingerprint density at radius 1 is 0.851 bits per heavy atom. The van der Waals surface area contributed by atoms with Crippen LogP contribution in [0.2, 0.25) is 0 Å². The molecule has 47 heavy (non-hydrogen) atoms. The SMILES string of the molecule is CC(C)(C)OC(=O)N1CCN(C2CN(c3ccc(Nc4ccc(OCc5ccccc5)nc4OCc4ccccc4)cc3F)C2)CC1. The normalized spacial score (nSPS) is 15.6. The lowest BCUT2D eigenvalue weighted by Gasteiger charge is -2.49. The predicted molar refractivity (Wildman–Crippen MR) is 181 cm³/mol. The standard InChI is InChI=1S/C37H42FN5O4/c1-37(2,3)47-36(44)42-20-18-41(19-21-42)30-23-43(24-30)33-16-14-29(22-31(33)38)39-32-15-17-34(45-25-27-10-6-4-7-11-27)40-35(32)46-26-28-12-8-5-9-13-28/h4-17,22,30,39H,18-21,23-26H2,1-3H3.